The van der Waals surface area contributed by atoms with E-state index in [1.807, 2.05) is 41.3 Å². The number of fused-ring (bicyclic) bond motifs is 5. The Kier molecular flexibility index (Phi) is 5.39. The summed E-state index contributed by atoms with van der Waals surface area (Å²) in [7, 11) is 1.56. The molecule has 2 amide bonds. The fraction of sp³-hybridized carbons (Fsp3) is 0.179. The number of methoxy groups -OCH3 is 1. The smallest absolute Gasteiger partial charge is 0.240 e. The van der Waals surface area contributed by atoms with Crippen molar-refractivity contribution < 1.29 is 19.1 Å². The summed E-state index contributed by atoms with van der Waals surface area (Å²) >= 11 is 12.4. The van der Waals surface area contributed by atoms with Crippen molar-refractivity contribution in [3.63, 3.8) is 0 Å². The van der Waals surface area contributed by atoms with Crippen molar-refractivity contribution in [1.82, 2.24) is 0 Å². The van der Waals surface area contributed by atoms with Crippen LogP contribution in [0, 0.1) is 11.8 Å². The van der Waals surface area contributed by atoms with Gasteiger partial charge in [-0.05, 0) is 54.1 Å². The van der Waals surface area contributed by atoms with E-state index in [-0.39, 0.29) is 11.7 Å². The van der Waals surface area contributed by atoms with Gasteiger partial charge in [0, 0.05) is 21.3 Å². The summed E-state index contributed by atoms with van der Waals surface area (Å²) in [6, 6.07) is 17.8. The van der Waals surface area contributed by atoms with Gasteiger partial charge in [-0.15, -0.1) is 0 Å². The average Bonchev–Trinajstić information content (AvgIpc) is 3.35. The van der Waals surface area contributed by atoms with Gasteiger partial charge < -0.3 is 9.64 Å². The van der Waals surface area contributed by atoms with Crippen molar-refractivity contribution in [1.29, 1.82) is 0 Å². The van der Waals surface area contributed by atoms with E-state index in [0.29, 0.717) is 27.0 Å². The second-order valence-corrected chi connectivity index (χ2v) is 9.92. The molecule has 3 aromatic carbocycles. The Hall–Kier alpha value is -3.61. The Morgan fingerprint density at radius 1 is 0.889 bits per heavy atom. The Bertz CT molecular complexity index is 1430. The highest BCUT2D eigenvalue weighted by atomic mass is 35.5. The molecular formula is C28H20Cl2N2O4. The van der Waals surface area contributed by atoms with E-state index < -0.39 is 29.8 Å². The Morgan fingerprint density at radius 3 is 2.25 bits per heavy atom. The van der Waals surface area contributed by atoms with Crippen LogP contribution in [0.2, 0.25) is 10.0 Å². The third-order valence-corrected chi connectivity index (χ3v) is 7.60. The Morgan fingerprint density at radius 2 is 1.56 bits per heavy atom. The van der Waals surface area contributed by atoms with E-state index in [4.69, 9.17) is 27.9 Å². The van der Waals surface area contributed by atoms with Gasteiger partial charge in [0.2, 0.25) is 11.8 Å². The second-order valence-electron chi connectivity index (χ2n) is 9.04. The number of amides is 2. The minimum Gasteiger partial charge on any atom is -0.497 e. The van der Waals surface area contributed by atoms with Crippen LogP contribution >= 0.6 is 23.2 Å². The lowest BCUT2D eigenvalue weighted by atomic mass is 9.86. The van der Waals surface area contributed by atoms with Crippen LogP contribution in [0.4, 0.5) is 11.4 Å². The van der Waals surface area contributed by atoms with Crippen LogP contribution in [0.1, 0.15) is 15.9 Å². The van der Waals surface area contributed by atoms with Crippen molar-refractivity contribution in [3.05, 3.63) is 94.0 Å². The standard InChI is InChI=1S/C28H20Cl2N2O4/c1-36-20-9-6-16(7-10-20)26(33)25-24-23(22-11-8-15-4-2-3-5-21(15)32(22)25)27(34)31(28(24)35)19-13-17(29)12-18(30)14-19/h2-14,22-25H,1H3/t22-,23-,24+,25-/m0/s1. The molecule has 0 aliphatic carbocycles. The van der Waals surface area contributed by atoms with Gasteiger partial charge in [0.15, 0.2) is 5.78 Å². The van der Waals surface area contributed by atoms with Crippen molar-refractivity contribution in [2.24, 2.45) is 11.8 Å². The maximum absolute atomic E-state index is 14.0. The number of anilines is 2. The molecule has 6 nitrogen and oxygen atoms in total. The molecule has 0 saturated carbocycles. The molecule has 3 aliphatic heterocycles. The molecule has 3 aliphatic rings. The van der Waals surface area contributed by atoms with Crippen LogP contribution in [0.5, 0.6) is 5.75 Å². The van der Waals surface area contributed by atoms with Gasteiger partial charge in [0.05, 0.1) is 30.7 Å². The summed E-state index contributed by atoms with van der Waals surface area (Å²) in [6.07, 6.45) is 3.87. The van der Waals surface area contributed by atoms with Gasteiger partial charge in [-0.3, -0.25) is 14.4 Å². The summed E-state index contributed by atoms with van der Waals surface area (Å²) in [5.74, 6) is -2.01. The van der Waals surface area contributed by atoms with Gasteiger partial charge in [-0.2, -0.15) is 0 Å². The zero-order chi connectivity index (χ0) is 25.1. The molecule has 3 aromatic rings. The van der Waals surface area contributed by atoms with Crippen molar-refractivity contribution in [2.45, 2.75) is 12.1 Å². The number of Topliss-reactive ketones (excluding diaryl/α,β-unsaturated/α-hetero) is 1. The first-order valence-electron chi connectivity index (χ1n) is 11.5. The molecule has 0 aromatic heterocycles. The third kappa shape index (κ3) is 3.36. The number of para-hydroxylation sites is 1. The van der Waals surface area contributed by atoms with Gasteiger partial charge in [0.25, 0.3) is 0 Å². The summed E-state index contributed by atoms with van der Waals surface area (Å²) in [5.41, 5.74) is 2.50. The Balaban J connectivity index is 1.48. The molecule has 2 saturated heterocycles. The van der Waals surface area contributed by atoms with E-state index in [2.05, 4.69) is 0 Å². The largest absolute Gasteiger partial charge is 0.497 e. The number of imide groups is 1. The number of carbonyl (C=O) groups is 3. The van der Waals surface area contributed by atoms with E-state index in [1.165, 1.54) is 18.2 Å². The topological polar surface area (TPSA) is 66.9 Å². The SMILES string of the molecule is COc1ccc(C(=O)[C@@H]2[C@@H]3C(=O)N(c4cc(Cl)cc(Cl)c4)C(=O)[C@H]3[C@@H]3C=Cc4ccccc4N23)cc1. The zero-order valence-corrected chi connectivity index (χ0v) is 20.6. The maximum Gasteiger partial charge on any atom is 0.240 e. The van der Waals surface area contributed by atoms with E-state index in [0.717, 1.165) is 16.2 Å². The fourth-order valence-corrected chi connectivity index (χ4v) is 6.18. The Labute approximate surface area is 217 Å². The van der Waals surface area contributed by atoms with E-state index in [1.54, 1.807) is 31.4 Å². The summed E-state index contributed by atoms with van der Waals surface area (Å²) in [4.78, 5) is 44.8. The highest BCUT2D eigenvalue weighted by Gasteiger charge is 2.64. The molecule has 0 N–H and O–H groups in total. The number of nitrogens with zero attached hydrogens (tertiary/aromatic N) is 2. The molecular weight excluding hydrogens is 499 g/mol. The lowest BCUT2D eigenvalue weighted by Gasteiger charge is -2.36. The van der Waals surface area contributed by atoms with Gasteiger partial charge >= 0.3 is 0 Å². The second kappa shape index (κ2) is 8.50. The number of hydrogen-bond acceptors (Lipinski definition) is 5. The quantitative estimate of drug-likeness (QED) is 0.347. The van der Waals surface area contributed by atoms with Crippen LogP contribution in [-0.4, -0.2) is 36.8 Å². The zero-order valence-electron chi connectivity index (χ0n) is 19.1. The van der Waals surface area contributed by atoms with E-state index >= 15 is 0 Å². The van der Waals surface area contributed by atoms with Crippen LogP contribution < -0.4 is 14.5 Å². The number of rotatable bonds is 4. The molecule has 0 spiro atoms. The first kappa shape index (κ1) is 22.8. The minimum absolute atomic E-state index is 0.229. The number of hydrogen-bond donors (Lipinski definition) is 0. The van der Waals surface area contributed by atoms with Gasteiger partial charge in [-0.1, -0.05) is 53.6 Å². The predicted octanol–water partition coefficient (Wildman–Crippen LogP) is 5.27. The molecule has 0 bridgehead atoms. The van der Waals surface area contributed by atoms with Crippen molar-refractivity contribution >= 4 is 58.3 Å². The number of carbonyl (C=O) groups excluding carboxylic acids is 3. The minimum atomic E-state index is -0.870. The van der Waals surface area contributed by atoms with Gasteiger partial charge in [-0.25, -0.2) is 4.90 Å². The number of benzene rings is 3. The number of halogens is 2. The maximum atomic E-state index is 14.0. The van der Waals surface area contributed by atoms with Crippen LogP contribution in [0.25, 0.3) is 6.08 Å². The molecule has 2 fully saturated rings. The number of ketones is 1. The fourth-order valence-electron chi connectivity index (χ4n) is 5.66. The third-order valence-electron chi connectivity index (χ3n) is 7.16. The monoisotopic (exact) mass is 518 g/mol. The molecule has 6 rings (SSSR count). The van der Waals surface area contributed by atoms with Crippen LogP contribution in [0.15, 0.2) is 72.8 Å². The molecule has 0 radical (unpaired) electrons. The summed E-state index contributed by atoms with van der Waals surface area (Å²) in [6.45, 7) is 0. The molecule has 36 heavy (non-hydrogen) atoms. The molecule has 4 atom stereocenters. The predicted molar refractivity (Wildman–Crippen MR) is 139 cm³/mol. The normalized spacial score (nSPS) is 24.0. The van der Waals surface area contributed by atoms with Gasteiger partial charge in [0.1, 0.15) is 11.8 Å². The average molecular weight is 519 g/mol. The number of ether oxygens (including phenoxy) is 1. The van der Waals surface area contributed by atoms with E-state index in [9.17, 15) is 14.4 Å². The lowest BCUT2D eigenvalue weighted by Crippen LogP contribution is -2.48. The highest BCUT2D eigenvalue weighted by Crippen LogP contribution is 2.50. The van der Waals surface area contributed by atoms with Crippen LogP contribution in [0.3, 0.4) is 0 Å². The first-order valence-corrected chi connectivity index (χ1v) is 12.2. The summed E-state index contributed by atoms with van der Waals surface area (Å²) in [5, 5.41) is 0.628. The van der Waals surface area contributed by atoms with Crippen molar-refractivity contribution in [2.75, 3.05) is 16.9 Å². The molecule has 3 heterocycles. The highest BCUT2D eigenvalue weighted by molar-refractivity contribution is 6.36. The van der Waals surface area contributed by atoms with Crippen LogP contribution in [-0.2, 0) is 9.59 Å². The first-order chi connectivity index (χ1) is 17.4. The summed E-state index contributed by atoms with van der Waals surface area (Å²) < 4.78 is 5.23. The molecule has 180 valence electrons. The lowest BCUT2D eigenvalue weighted by molar-refractivity contribution is -0.122. The molecule has 8 heteroatoms. The van der Waals surface area contributed by atoms with Crippen molar-refractivity contribution in [3.8, 4) is 5.75 Å². The molecule has 0 unspecified atom stereocenters.